The zero-order valence-electron chi connectivity index (χ0n) is 12.4. The largest absolute Gasteiger partial charge is 0.461 e. The Hall–Kier alpha value is -1.94. The van der Waals surface area contributed by atoms with Gasteiger partial charge in [0.15, 0.2) is 0 Å². The Morgan fingerprint density at radius 3 is 2.45 bits per heavy atom. The zero-order valence-corrected chi connectivity index (χ0v) is 12.4. The van der Waals surface area contributed by atoms with Gasteiger partial charge in [0.05, 0.1) is 5.69 Å². The molecular formula is C16H24N2O2. The van der Waals surface area contributed by atoms with Crippen LogP contribution >= 0.6 is 0 Å². The Labute approximate surface area is 121 Å². The lowest BCUT2D eigenvalue weighted by atomic mass is 10.4. The average Bonchev–Trinajstić information content (AvgIpc) is 2.52. The van der Waals surface area contributed by atoms with Crippen LogP contribution in [0, 0.1) is 0 Å². The second kappa shape index (κ2) is 12.1. The molecule has 0 aliphatic heterocycles. The zero-order chi connectivity index (χ0) is 15.2. The van der Waals surface area contributed by atoms with Crippen LogP contribution in [0.15, 0.2) is 43.6 Å². The molecule has 1 aromatic rings. The van der Waals surface area contributed by atoms with Crippen LogP contribution in [0.2, 0.25) is 0 Å². The summed E-state index contributed by atoms with van der Waals surface area (Å²) in [5.41, 5.74) is 0.924. The minimum absolute atomic E-state index is 0.345. The third kappa shape index (κ3) is 9.05. The number of nitrogens with zero attached hydrogens (tertiary/aromatic N) is 2. The van der Waals surface area contributed by atoms with E-state index >= 15 is 0 Å². The number of carbonyl (C=O) groups excluding carboxylic acids is 1. The summed E-state index contributed by atoms with van der Waals surface area (Å²) in [5, 5.41) is 0. The molecule has 0 saturated heterocycles. The fourth-order valence-corrected chi connectivity index (χ4v) is 1.37. The maximum absolute atomic E-state index is 10.6. The van der Waals surface area contributed by atoms with Crippen LogP contribution in [0.3, 0.4) is 0 Å². The van der Waals surface area contributed by atoms with E-state index in [1.807, 2.05) is 18.2 Å². The van der Waals surface area contributed by atoms with Crippen LogP contribution in [0.1, 0.15) is 19.5 Å². The third-order valence-corrected chi connectivity index (χ3v) is 2.61. The van der Waals surface area contributed by atoms with E-state index in [2.05, 4.69) is 36.9 Å². The minimum Gasteiger partial charge on any atom is -0.461 e. The Bertz CT molecular complexity index is 387. The molecule has 110 valence electrons. The Morgan fingerprint density at radius 1 is 1.35 bits per heavy atom. The highest BCUT2D eigenvalue weighted by molar-refractivity contribution is 5.81. The molecule has 4 nitrogen and oxygen atoms in total. The molecule has 0 aliphatic carbocycles. The van der Waals surface area contributed by atoms with Gasteiger partial charge in [0.2, 0.25) is 0 Å². The number of likely N-dealkylation sites (N-methyl/N-ethyl adjacent to an activating group) is 1. The molecule has 1 heterocycles. The lowest BCUT2D eigenvalue weighted by Crippen LogP contribution is -2.27. The van der Waals surface area contributed by atoms with E-state index in [1.165, 1.54) is 6.08 Å². The first-order valence-electron chi connectivity index (χ1n) is 6.72. The molecule has 0 amide bonds. The number of aromatic nitrogens is 1. The van der Waals surface area contributed by atoms with E-state index in [-0.39, 0.29) is 5.97 Å². The molecule has 20 heavy (non-hydrogen) atoms. The second-order valence-electron chi connectivity index (χ2n) is 3.86. The number of pyridine rings is 1. The number of hydrogen-bond donors (Lipinski definition) is 0. The van der Waals surface area contributed by atoms with Crippen molar-refractivity contribution in [3.05, 3.63) is 49.3 Å². The van der Waals surface area contributed by atoms with Crippen molar-refractivity contribution < 1.29 is 9.53 Å². The van der Waals surface area contributed by atoms with E-state index in [4.69, 9.17) is 4.74 Å². The maximum atomic E-state index is 10.6. The number of carbonyl (C=O) groups is 1. The standard InChI is InChI=1S/C9H17NO2.C7H7N/c1-4-9(11)12-8-7-10(5-2)6-3;1-2-7-5-3-4-6-8-7/h4H,1,5-8H2,2-3H3;2-6H,1H2. The molecule has 0 bridgehead atoms. The number of hydrogen-bond acceptors (Lipinski definition) is 4. The summed E-state index contributed by atoms with van der Waals surface area (Å²) in [5.74, 6) is -0.345. The highest BCUT2D eigenvalue weighted by atomic mass is 16.5. The van der Waals surface area contributed by atoms with E-state index in [0.717, 1.165) is 25.3 Å². The molecule has 0 aliphatic rings. The van der Waals surface area contributed by atoms with Crippen LogP contribution in [-0.2, 0) is 9.53 Å². The van der Waals surface area contributed by atoms with Gasteiger partial charge in [-0.2, -0.15) is 0 Å². The summed E-state index contributed by atoms with van der Waals surface area (Å²) in [6.07, 6.45) is 4.65. The Kier molecular flexibility index (Phi) is 10.9. The van der Waals surface area contributed by atoms with Gasteiger partial charge >= 0.3 is 5.97 Å². The van der Waals surface area contributed by atoms with Gasteiger partial charge in [0, 0.05) is 18.8 Å². The minimum atomic E-state index is -0.345. The molecule has 0 fully saturated rings. The molecular weight excluding hydrogens is 252 g/mol. The van der Waals surface area contributed by atoms with Crippen molar-refractivity contribution in [1.82, 2.24) is 9.88 Å². The summed E-state index contributed by atoms with van der Waals surface area (Å²) in [7, 11) is 0. The molecule has 0 aromatic carbocycles. The number of rotatable bonds is 7. The Balaban J connectivity index is 0.000000388. The third-order valence-electron chi connectivity index (χ3n) is 2.61. The van der Waals surface area contributed by atoms with Crippen molar-refractivity contribution in [2.24, 2.45) is 0 Å². The monoisotopic (exact) mass is 276 g/mol. The predicted octanol–water partition coefficient (Wildman–Crippen LogP) is 2.78. The van der Waals surface area contributed by atoms with E-state index in [0.29, 0.717) is 6.61 Å². The molecule has 0 unspecified atom stereocenters. The molecule has 1 aromatic heterocycles. The van der Waals surface area contributed by atoms with Crippen molar-refractivity contribution >= 4 is 12.0 Å². The second-order valence-corrected chi connectivity index (χ2v) is 3.86. The summed E-state index contributed by atoms with van der Waals surface area (Å²) >= 11 is 0. The van der Waals surface area contributed by atoms with Gasteiger partial charge in [-0.1, -0.05) is 33.1 Å². The van der Waals surface area contributed by atoms with Crippen LogP contribution in [-0.4, -0.2) is 42.1 Å². The van der Waals surface area contributed by atoms with E-state index in [9.17, 15) is 4.79 Å². The normalized spacial score (nSPS) is 9.35. The topological polar surface area (TPSA) is 42.4 Å². The SMILES string of the molecule is C=CC(=O)OCCN(CC)CC.C=Cc1ccccn1. The van der Waals surface area contributed by atoms with Crippen LogP contribution in [0.25, 0.3) is 6.08 Å². The van der Waals surface area contributed by atoms with Crippen LogP contribution in [0.5, 0.6) is 0 Å². The van der Waals surface area contributed by atoms with Gasteiger partial charge in [-0.3, -0.25) is 4.98 Å². The van der Waals surface area contributed by atoms with Gasteiger partial charge in [-0.25, -0.2) is 4.79 Å². The molecule has 0 radical (unpaired) electrons. The van der Waals surface area contributed by atoms with Gasteiger partial charge in [0.1, 0.15) is 6.61 Å². The quantitative estimate of drug-likeness (QED) is 0.567. The molecule has 0 N–H and O–H groups in total. The van der Waals surface area contributed by atoms with E-state index in [1.54, 1.807) is 12.3 Å². The molecule has 4 heteroatoms. The van der Waals surface area contributed by atoms with Gasteiger partial charge in [-0.15, -0.1) is 0 Å². The van der Waals surface area contributed by atoms with E-state index < -0.39 is 0 Å². The van der Waals surface area contributed by atoms with Crippen molar-refractivity contribution in [2.45, 2.75) is 13.8 Å². The molecule has 1 rings (SSSR count). The number of esters is 1. The summed E-state index contributed by atoms with van der Waals surface area (Å²) in [6, 6.07) is 5.73. The summed E-state index contributed by atoms with van der Waals surface area (Å²) in [6.45, 7) is 14.3. The smallest absolute Gasteiger partial charge is 0.330 e. The lowest BCUT2D eigenvalue weighted by molar-refractivity contribution is -0.138. The highest BCUT2D eigenvalue weighted by Crippen LogP contribution is 1.92. The van der Waals surface area contributed by atoms with Gasteiger partial charge < -0.3 is 9.64 Å². The first-order valence-corrected chi connectivity index (χ1v) is 6.72. The first-order chi connectivity index (χ1) is 9.67. The van der Waals surface area contributed by atoms with Gasteiger partial charge in [-0.05, 0) is 31.3 Å². The van der Waals surface area contributed by atoms with Gasteiger partial charge in [0.25, 0.3) is 0 Å². The highest BCUT2D eigenvalue weighted by Gasteiger charge is 1.99. The van der Waals surface area contributed by atoms with Crippen molar-refractivity contribution in [1.29, 1.82) is 0 Å². The fraction of sp³-hybridized carbons (Fsp3) is 0.375. The van der Waals surface area contributed by atoms with Crippen molar-refractivity contribution in [3.63, 3.8) is 0 Å². The van der Waals surface area contributed by atoms with Crippen molar-refractivity contribution in [3.8, 4) is 0 Å². The lowest BCUT2D eigenvalue weighted by Gasteiger charge is -2.16. The summed E-state index contributed by atoms with van der Waals surface area (Å²) < 4.78 is 4.83. The Morgan fingerprint density at radius 2 is 2.05 bits per heavy atom. The van der Waals surface area contributed by atoms with Crippen LogP contribution in [0.4, 0.5) is 0 Å². The predicted molar refractivity (Wildman–Crippen MR) is 83.3 cm³/mol. The molecule has 0 saturated carbocycles. The molecule has 0 spiro atoms. The summed E-state index contributed by atoms with van der Waals surface area (Å²) in [4.78, 5) is 16.8. The maximum Gasteiger partial charge on any atom is 0.330 e. The number of ether oxygens (including phenoxy) is 1. The fourth-order valence-electron chi connectivity index (χ4n) is 1.37. The molecule has 0 atom stereocenters. The van der Waals surface area contributed by atoms with Crippen molar-refractivity contribution in [2.75, 3.05) is 26.2 Å². The average molecular weight is 276 g/mol. The first kappa shape index (κ1) is 18.1. The van der Waals surface area contributed by atoms with Crippen LogP contribution < -0.4 is 0 Å².